The number of rotatable bonds is 4. The number of carbonyl (C=O) groups is 2. The van der Waals surface area contributed by atoms with Crippen molar-refractivity contribution < 1.29 is 14.3 Å². The Kier molecular flexibility index (Phi) is 4.20. The summed E-state index contributed by atoms with van der Waals surface area (Å²) in [5.41, 5.74) is 0.352. The number of anilines is 1. The maximum atomic E-state index is 12.6. The maximum Gasteiger partial charge on any atom is 0.307 e. The molecule has 3 heterocycles. The molecule has 1 aliphatic carbocycles. The first-order valence-electron chi connectivity index (χ1n) is 8.85. The summed E-state index contributed by atoms with van der Waals surface area (Å²) in [4.78, 5) is 31.3. The SMILES string of the molecule is O=C1C[C@H](C(=O)NCc2csc(N3CCCC3)n2)C2(CCCC2)O1. The third-order valence-corrected chi connectivity index (χ3v) is 6.40. The lowest BCUT2D eigenvalue weighted by Crippen LogP contribution is -2.42. The fourth-order valence-electron chi connectivity index (χ4n) is 4.18. The second-order valence-corrected chi connectivity index (χ2v) is 7.87. The third kappa shape index (κ3) is 2.90. The molecule has 1 amide bonds. The monoisotopic (exact) mass is 349 g/mol. The molecule has 2 aliphatic heterocycles. The topological polar surface area (TPSA) is 71.5 Å². The Morgan fingerprint density at radius 1 is 1.33 bits per heavy atom. The molecule has 3 fully saturated rings. The minimum Gasteiger partial charge on any atom is -0.458 e. The summed E-state index contributed by atoms with van der Waals surface area (Å²) in [6, 6.07) is 0. The van der Waals surface area contributed by atoms with Gasteiger partial charge in [-0.15, -0.1) is 11.3 Å². The van der Waals surface area contributed by atoms with Gasteiger partial charge in [-0.05, 0) is 38.5 Å². The Balaban J connectivity index is 1.37. The molecule has 130 valence electrons. The number of esters is 1. The van der Waals surface area contributed by atoms with E-state index in [1.165, 1.54) is 12.8 Å². The average Bonchev–Trinajstić information content (AvgIpc) is 3.34. The van der Waals surface area contributed by atoms with Crippen molar-refractivity contribution in [3.63, 3.8) is 0 Å². The molecule has 7 heteroatoms. The number of nitrogens with zero attached hydrogens (tertiary/aromatic N) is 2. The fraction of sp³-hybridized carbons (Fsp3) is 0.706. The van der Waals surface area contributed by atoms with Crippen molar-refractivity contribution >= 4 is 28.3 Å². The molecule has 1 N–H and O–H groups in total. The number of nitrogens with one attached hydrogen (secondary N) is 1. The van der Waals surface area contributed by atoms with Crippen molar-refractivity contribution in [2.75, 3.05) is 18.0 Å². The van der Waals surface area contributed by atoms with E-state index in [1.54, 1.807) is 11.3 Å². The number of aromatic nitrogens is 1. The number of carbonyl (C=O) groups excluding carboxylic acids is 2. The van der Waals surface area contributed by atoms with Crippen LogP contribution in [0.2, 0.25) is 0 Å². The van der Waals surface area contributed by atoms with E-state index in [-0.39, 0.29) is 24.2 Å². The van der Waals surface area contributed by atoms with Gasteiger partial charge in [-0.2, -0.15) is 0 Å². The van der Waals surface area contributed by atoms with Crippen LogP contribution in [0.5, 0.6) is 0 Å². The number of hydrogen-bond donors (Lipinski definition) is 1. The van der Waals surface area contributed by atoms with Crippen molar-refractivity contribution in [2.45, 2.75) is 57.1 Å². The minimum absolute atomic E-state index is 0.0709. The summed E-state index contributed by atoms with van der Waals surface area (Å²) in [5, 5.41) is 6.03. The van der Waals surface area contributed by atoms with Crippen molar-refractivity contribution in [2.24, 2.45) is 5.92 Å². The van der Waals surface area contributed by atoms with Crippen molar-refractivity contribution in [3.05, 3.63) is 11.1 Å². The van der Waals surface area contributed by atoms with Gasteiger partial charge in [-0.25, -0.2) is 4.98 Å². The van der Waals surface area contributed by atoms with Gasteiger partial charge in [0.1, 0.15) is 5.60 Å². The molecule has 1 atom stereocenters. The Morgan fingerprint density at radius 2 is 2.08 bits per heavy atom. The van der Waals surface area contributed by atoms with E-state index in [2.05, 4.69) is 15.2 Å². The number of amides is 1. The van der Waals surface area contributed by atoms with Crippen LogP contribution >= 0.6 is 11.3 Å². The predicted molar refractivity (Wildman–Crippen MR) is 90.8 cm³/mol. The van der Waals surface area contributed by atoms with E-state index in [0.717, 1.165) is 49.6 Å². The zero-order valence-corrected chi connectivity index (χ0v) is 14.6. The quantitative estimate of drug-likeness (QED) is 0.844. The van der Waals surface area contributed by atoms with Gasteiger partial charge in [0.2, 0.25) is 5.91 Å². The van der Waals surface area contributed by atoms with Gasteiger partial charge < -0.3 is 15.0 Å². The summed E-state index contributed by atoms with van der Waals surface area (Å²) in [5.74, 6) is -0.648. The number of thiazole rings is 1. The highest BCUT2D eigenvalue weighted by molar-refractivity contribution is 7.13. The Hall–Kier alpha value is -1.63. The lowest BCUT2D eigenvalue weighted by molar-refractivity contribution is -0.149. The van der Waals surface area contributed by atoms with Crippen molar-refractivity contribution in [1.29, 1.82) is 0 Å². The fourth-order valence-corrected chi connectivity index (χ4v) is 5.06. The van der Waals surface area contributed by atoms with E-state index >= 15 is 0 Å². The molecule has 0 aromatic carbocycles. The summed E-state index contributed by atoms with van der Waals surface area (Å²) < 4.78 is 5.55. The van der Waals surface area contributed by atoms with Crippen LogP contribution in [-0.4, -0.2) is 35.6 Å². The van der Waals surface area contributed by atoms with Gasteiger partial charge in [0.05, 0.1) is 24.6 Å². The molecular formula is C17H23N3O3S. The largest absolute Gasteiger partial charge is 0.458 e. The number of hydrogen-bond acceptors (Lipinski definition) is 6. The third-order valence-electron chi connectivity index (χ3n) is 5.45. The van der Waals surface area contributed by atoms with Crippen LogP contribution in [0.1, 0.15) is 50.6 Å². The second kappa shape index (κ2) is 6.35. The van der Waals surface area contributed by atoms with E-state index in [4.69, 9.17) is 4.74 Å². The molecule has 1 aromatic rings. The molecule has 4 rings (SSSR count). The molecule has 0 radical (unpaired) electrons. The van der Waals surface area contributed by atoms with Crippen LogP contribution in [-0.2, 0) is 20.9 Å². The molecule has 1 saturated carbocycles. The highest BCUT2D eigenvalue weighted by Gasteiger charge is 2.53. The predicted octanol–water partition coefficient (Wildman–Crippen LogP) is 2.24. The van der Waals surface area contributed by atoms with Gasteiger partial charge in [0.25, 0.3) is 0 Å². The van der Waals surface area contributed by atoms with E-state index in [0.29, 0.717) is 6.54 Å². The average molecular weight is 349 g/mol. The van der Waals surface area contributed by atoms with Crippen LogP contribution in [0, 0.1) is 5.92 Å². The number of ether oxygens (including phenoxy) is 1. The van der Waals surface area contributed by atoms with Crippen molar-refractivity contribution in [3.8, 4) is 0 Å². The van der Waals surface area contributed by atoms with Crippen molar-refractivity contribution in [1.82, 2.24) is 10.3 Å². The van der Waals surface area contributed by atoms with Crippen LogP contribution in [0.15, 0.2) is 5.38 Å². The van der Waals surface area contributed by atoms with Crippen LogP contribution in [0.3, 0.4) is 0 Å². The zero-order chi connectivity index (χ0) is 16.6. The minimum atomic E-state index is -0.538. The summed E-state index contributed by atoms with van der Waals surface area (Å²) >= 11 is 1.63. The first-order chi connectivity index (χ1) is 11.7. The van der Waals surface area contributed by atoms with Gasteiger partial charge in [0, 0.05) is 18.5 Å². The molecule has 2 saturated heterocycles. The Morgan fingerprint density at radius 3 is 2.83 bits per heavy atom. The van der Waals surface area contributed by atoms with Crippen LogP contribution in [0.4, 0.5) is 5.13 Å². The van der Waals surface area contributed by atoms with E-state index in [9.17, 15) is 9.59 Å². The van der Waals surface area contributed by atoms with Gasteiger partial charge in [-0.1, -0.05) is 0 Å². The lowest BCUT2D eigenvalue weighted by atomic mass is 9.85. The van der Waals surface area contributed by atoms with Gasteiger partial charge >= 0.3 is 5.97 Å². The molecule has 1 spiro atoms. The van der Waals surface area contributed by atoms with Crippen LogP contribution in [0.25, 0.3) is 0 Å². The van der Waals surface area contributed by atoms with Gasteiger partial charge in [-0.3, -0.25) is 9.59 Å². The Bertz CT molecular complexity index is 633. The first kappa shape index (κ1) is 15.9. The Labute approximate surface area is 145 Å². The summed E-state index contributed by atoms with van der Waals surface area (Å²) in [7, 11) is 0. The van der Waals surface area contributed by atoms with E-state index < -0.39 is 5.60 Å². The molecule has 1 aromatic heterocycles. The van der Waals surface area contributed by atoms with E-state index in [1.807, 2.05) is 5.38 Å². The maximum absolute atomic E-state index is 12.6. The van der Waals surface area contributed by atoms with Crippen LogP contribution < -0.4 is 10.2 Å². The molecule has 0 bridgehead atoms. The highest BCUT2D eigenvalue weighted by Crippen LogP contribution is 2.45. The molecule has 0 unspecified atom stereocenters. The molecular weight excluding hydrogens is 326 g/mol. The summed E-state index contributed by atoms with van der Waals surface area (Å²) in [6.07, 6.45) is 6.35. The zero-order valence-electron chi connectivity index (χ0n) is 13.8. The highest BCUT2D eigenvalue weighted by atomic mass is 32.1. The molecule has 24 heavy (non-hydrogen) atoms. The smallest absolute Gasteiger partial charge is 0.307 e. The lowest BCUT2D eigenvalue weighted by Gasteiger charge is -2.27. The van der Waals surface area contributed by atoms with Gasteiger partial charge in [0.15, 0.2) is 5.13 Å². The second-order valence-electron chi connectivity index (χ2n) is 7.04. The standard InChI is InChI=1S/C17H23N3O3S/c21-14-9-13(17(23-14)5-1-2-6-17)15(22)18-10-12-11-24-16(19-12)20-7-3-4-8-20/h11,13H,1-10H2,(H,18,22)/t13-/m1/s1. The normalized spacial score (nSPS) is 25.4. The first-order valence-corrected chi connectivity index (χ1v) is 9.73. The summed E-state index contributed by atoms with van der Waals surface area (Å²) in [6.45, 7) is 2.57. The molecule has 3 aliphatic rings. The molecule has 6 nitrogen and oxygen atoms in total.